The van der Waals surface area contributed by atoms with E-state index < -0.39 is 22.6 Å². The second-order valence-corrected chi connectivity index (χ2v) is 7.99. The van der Waals surface area contributed by atoms with Gasteiger partial charge < -0.3 is 19.8 Å². The SMILES string of the molecule is Cc1cc(OCCCNNC(N)=NCC(=O)O)cc(OS(=O)(=O)c2ccccc2C#N)c1. The van der Waals surface area contributed by atoms with E-state index in [1.165, 1.54) is 24.3 Å². The van der Waals surface area contributed by atoms with Gasteiger partial charge in [0.05, 0.1) is 12.2 Å². The zero-order valence-corrected chi connectivity index (χ0v) is 18.1. The topological polar surface area (TPSA) is 176 Å². The van der Waals surface area contributed by atoms with Crippen LogP contribution in [0, 0.1) is 18.3 Å². The van der Waals surface area contributed by atoms with Gasteiger partial charge in [-0.15, -0.1) is 0 Å². The Morgan fingerprint density at radius 3 is 2.69 bits per heavy atom. The quantitative estimate of drug-likeness (QED) is 0.124. The third kappa shape index (κ3) is 7.78. The lowest BCUT2D eigenvalue weighted by molar-refractivity contribution is -0.135. The van der Waals surface area contributed by atoms with Crippen molar-refractivity contribution in [2.24, 2.45) is 10.7 Å². The van der Waals surface area contributed by atoms with Crippen LogP contribution >= 0.6 is 0 Å². The van der Waals surface area contributed by atoms with E-state index in [0.717, 1.165) is 5.56 Å². The molecule has 0 heterocycles. The number of aliphatic imine (C=N–C) groups is 1. The molecule has 5 N–H and O–H groups in total. The molecule has 0 amide bonds. The van der Waals surface area contributed by atoms with E-state index in [9.17, 15) is 13.2 Å². The maximum atomic E-state index is 12.6. The largest absolute Gasteiger partial charge is 0.493 e. The van der Waals surface area contributed by atoms with Crippen molar-refractivity contribution in [3.05, 3.63) is 53.6 Å². The number of benzene rings is 2. The molecule has 0 radical (unpaired) electrons. The molecule has 0 saturated carbocycles. The molecule has 170 valence electrons. The number of carboxylic acids is 1. The number of nitrogens with zero attached hydrogens (tertiary/aromatic N) is 2. The van der Waals surface area contributed by atoms with Crippen LogP contribution in [0.25, 0.3) is 0 Å². The molecule has 32 heavy (non-hydrogen) atoms. The Balaban J connectivity index is 1.91. The molecule has 11 nitrogen and oxygen atoms in total. The summed E-state index contributed by atoms with van der Waals surface area (Å²) in [7, 11) is -4.20. The summed E-state index contributed by atoms with van der Waals surface area (Å²) in [5.74, 6) is -0.658. The smallest absolute Gasteiger partial charge is 0.340 e. The number of aliphatic carboxylic acids is 1. The van der Waals surface area contributed by atoms with E-state index in [1.54, 1.807) is 25.1 Å². The average molecular weight is 462 g/mol. The summed E-state index contributed by atoms with van der Waals surface area (Å²) in [6, 6.07) is 12.3. The van der Waals surface area contributed by atoms with E-state index >= 15 is 0 Å². The van der Waals surface area contributed by atoms with Crippen LogP contribution in [0.3, 0.4) is 0 Å². The fourth-order valence-corrected chi connectivity index (χ4v) is 3.56. The minimum Gasteiger partial charge on any atom is -0.493 e. The first kappa shape index (κ1) is 24.4. The van der Waals surface area contributed by atoms with Gasteiger partial charge >= 0.3 is 16.1 Å². The number of hydrazine groups is 1. The Morgan fingerprint density at radius 2 is 1.97 bits per heavy atom. The van der Waals surface area contributed by atoms with Gasteiger partial charge in [0.15, 0.2) is 0 Å². The molecule has 0 unspecified atom stereocenters. The van der Waals surface area contributed by atoms with Crippen LogP contribution < -0.4 is 25.5 Å². The van der Waals surface area contributed by atoms with Gasteiger partial charge in [-0.1, -0.05) is 12.1 Å². The number of nitrogens with two attached hydrogens (primary N) is 1. The average Bonchev–Trinajstić information content (AvgIpc) is 2.74. The van der Waals surface area contributed by atoms with E-state index in [4.69, 9.17) is 25.0 Å². The monoisotopic (exact) mass is 461 g/mol. The van der Waals surface area contributed by atoms with Crippen molar-refractivity contribution < 1.29 is 27.2 Å². The summed E-state index contributed by atoms with van der Waals surface area (Å²) in [4.78, 5) is 13.8. The van der Waals surface area contributed by atoms with Crippen molar-refractivity contribution in [3.63, 3.8) is 0 Å². The van der Waals surface area contributed by atoms with Crippen LogP contribution in [0.1, 0.15) is 17.5 Å². The van der Waals surface area contributed by atoms with Crippen LogP contribution in [0.4, 0.5) is 0 Å². The second kappa shape index (κ2) is 11.5. The summed E-state index contributed by atoms with van der Waals surface area (Å²) in [5.41, 5.74) is 11.5. The second-order valence-electron chi connectivity index (χ2n) is 6.48. The number of carbonyl (C=O) groups is 1. The van der Waals surface area contributed by atoms with Gasteiger partial charge in [0, 0.05) is 12.6 Å². The molecule has 0 saturated heterocycles. The number of ether oxygens (including phenoxy) is 1. The lowest BCUT2D eigenvalue weighted by Crippen LogP contribution is -2.43. The predicted molar refractivity (Wildman–Crippen MR) is 116 cm³/mol. The van der Waals surface area contributed by atoms with Crippen LogP contribution in [0.2, 0.25) is 0 Å². The van der Waals surface area contributed by atoms with Crippen molar-refractivity contribution in [3.8, 4) is 17.6 Å². The summed E-state index contributed by atoms with van der Waals surface area (Å²) >= 11 is 0. The molecule has 0 fully saturated rings. The third-order valence-corrected chi connectivity index (χ3v) is 5.13. The van der Waals surface area contributed by atoms with Crippen molar-refractivity contribution in [1.29, 1.82) is 5.26 Å². The van der Waals surface area contributed by atoms with Crippen LogP contribution in [0.5, 0.6) is 11.5 Å². The van der Waals surface area contributed by atoms with E-state index in [1.807, 2.05) is 6.07 Å². The van der Waals surface area contributed by atoms with Crippen LogP contribution in [0.15, 0.2) is 52.4 Å². The van der Waals surface area contributed by atoms with Gasteiger partial charge in [-0.25, -0.2) is 10.4 Å². The standard InChI is InChI=1S/C20H23N5O6S/c1-14-9-16(30-8-4-7-24-25-20(22)23-13-19(26)27)11-17(10-14)31-32(28,29)18-6-3-2-5-15(18)12-21/h2-3,5-6,9-11,24H,4,7-8,13H2,1H3,(H,26,27)(H3,22,23,25). The third-order valence-electron chi connectivity index (χ3n) is 3.82. The van der Waals surface area contributed by atoms with Gasteiger partial charge in [0.1, 0.15) is 29.0 Å². The summed E-state index contributed by atoms with van der Waals surface area (Å²) < 4.78 is 36.0. The molecule has 0 bridgehead atoms. The Bertz CT molecular complexity index is 1130. The number of hydrogen-bond donors (Lipinski definition) is 4. The van der Waals surface area contributed by atoms with Crippen LogP contribution in [-0.4, -0.2) is 45.1 Å². The van der Waals surface area contributed by atoms with E-state index in [2.05, 4.69) is 15.8 Å². The lowest BCUT2D eigenvalue weighted by Gasteiger charge is -2.12. The first-order valence-electron chi connectivity index (χ1n) is 9.40. The molecule has 0 aromatic heterocycles. The molecule has 0 atom stereocenters. The highest BCUT2D eigenvalue weighted by molar-refractivity contribution is 7.87. The molecule has 0 aliphatic carbocycles. The molecule has 12 heteroatoms. The molecule has 2 rings (SSSR count). The van der Waals surface area contributed by atoms with Gasteiger partial charge in [-0.2, -0.15) is 13.7 Å². The van der Waals surface area contributed by atoms with E-state index in [-0.39, 0.29) is 22.2 Å². The Morgan fingerprint density at radius 1 is 1.25 bits per heavy atom. The Kier molecular flexibility index (Phi) is 8.82. The molecule has 2 aromatic carbocycles. The molecular weight excluding hydrogens is 438 g/mol. The number of hydrogen-bond acceptors (Lipinski definition) is 8. The number of rotatable bonds is 11. The number of nitriles is 1. The van der Waals surface area contributed by atoms with Crippen molar-refractivity contribution in [1.82, 2.24) is 10.9 Å². The highest BCUT2D eigenvalue weighted by Crippen LogP contribution is 2.26. The number of carboxylic acid groups (broad SMARTS) is 1. The number of guanidine groups is 1. The maximum absolute atomic E-state index is 12.6. The highest BCUT2D eigenvalue weighted by atomic mass is 32.2. The molecule has 2 aromatic rings. The summed E-state index contributed by atoms with van der Waals surface area (Å²) in [5, 5.41) is 17.6. The molecule has 0 aliphatic rings. The van der Waals surface area contributed by atoms with E-state index in [0.29, 0.717) is 25.3 Å². The van der Waals surface area contributed by atoms with Crippen molar-refractivity contribution in [2.75, 3.05) is 19.7 Å². The summed E-state index contributed by atoms with van der Waals surface area (Å²) in [6.07, 6.45) is 0.553. The lowest BCUT2D eigenvalue weighted by atomic mass is 10.2. The Labute approximate surface area is 185 Å². The Hall–Kier alpha value is -3.82. The zero-order valence-electron chi connectivity index (χ0n) is 17.2. The van der Waals surface area contributed by atoms with Gasteiger partial charge in [0.2, 0.25) is 5.96 Å². The predicted octanol–water partition coefficient (Wildman–Crippen LogP) is 0.897. The first-order valence-corrected chi connectivity index (χ1v) is 10.8. The van der Waals surface area contributed by atoms with Crippen LogP contribution in [-0.2, 0) is 14.9 Å². The number of nitrogens with one attached hydrogen (secondary N) is 2. The minimum atomic E-state index is -4.20. The molecule has 0 aliphatic heterocycles. The maximum Gasteiger partial charge on any atom is 0.340 e. The minimum absolute atomic E-state index is 0.00798. The molecule has 0 spiro atoms. The fraction of sp³-hybridized carbons (Fsp3) is 0.250. The van der Waals surface area contributed by atoms with Crippen molar-refractivity contribution >= 4 is 22.0 Å². The van der Waals surface area contributed by atoms with Gasteiger partial charge in [0.25, 0.3) is 0 Å². The fourth-order valence-electron chi connectivity index (χ4n) is 2.49. The van der Waals surface area contributed by atoms with Gasteiger partial charge in [-0.3, -0.25) is 10.2 Å². The van der Waals surface area contributed by atoms with Crippen molar-refractivity contribution in [2.45, 2.75) is 18.2 Å². The normalized spacial score (nSPS) is 11.4. The van der Waals surface area contributed by atoms with Gasteiger partial charge in [-0.05, 0) is 43.2 Å². The number of aryl methyl sites for hydroxylation is 1. The zero-order chi connectivity index (χ0) is 23.6. The summed E-state index contributed by atoms with van der Waals surface area (Å²) in [6.45, 7) is 2.07. The first-order chi connectivity index (χ1) is 15.2. The highest BCUT2D eigenvalue weighted by Gasteiger charge is 2.21. The molecular formula is C20H23N5O6S.